The van der Waals surface area contributed by atoms with Crippen molar-refractivity contribution in [2.75, 3.05) is 13.2 Å². The van der Waals surface area contributed by atoms with Crippen LogP contribution in [0.5, 0.6) is 0 Å². The van der Waals surface area contributed by atoms with E-state index in [9.17, 15) is 14.4 Å². The maximum atomic E-state index is 11.4. The molecule has 0 aliphatic heterocycles. The third-order valence-electron chi connectivity index (χ3n) is 2.52. The molecule has 0 fully saturated rings. The quantitative estimate of drug-likeness (QED) is 0.317. The Bertz CT molecular complexity index is 505. The molecule has 0 heterocycles. The van der Waals surface area contributed by atoms with Crippen molar-refractivity contribution in [3.8, 4) is 0 Å². The predicted octanol–water partition coefficient (Wildman–Crippen LogP) is 2.16. The molecule has 0 bridgehead atoms. The Hall–Kier alpha value is -2.43. The van der Waals surface area contributed by atoms with Gasteiger partial charge < -0.3 is 9.47 Å². The van der Waals surface area contributed by atoms with Gasteiger partial charge in [-0.25, -0.2) is 9.59 Å². The summed E-state index contributed by atoms with van der Waals surface area (Å²) < 4.78 is 9.66. The summed E-state index contributed by atoms with van der Waals surface area (Å²) in [6, 6.07) is 9.43. The fourth-order valence-electron chi connectivity index (χ4n) is 1.42. The Morgan fingerprint density at radius 1 is 1.00 bits per heavy atom. The molecular weight excluding hydrogens is 272 g/mol. The number of carbonyl (C=O) groups is 3. The van der Waals surface area contributed by atoms with Gasteiger partial charge in [0.05, 0.1) is 13.2 Å². The zero-order valence-corrected chi connectivity index (χ0v) is 11.9. The number of hydrogen-bond donors (Lipinski definition) is 0. The Morgan fingerprint density at radius 3 is 2.24 bits per heavy atom. The summed E-state index contributed by atoms with van der Waals surface area (Å²) >= 11 is 0. The minimum Gasteiger partial charge on any atom is -0.463 e. The van der Waals surface area contributed by atoms with Crippen molar-refractivity contribution in [1.29, 1.82) is 0 Å². The van der Waals surface area contributed by atoms with Gasteiger partial charge in [-0.1, -0.05) is 30.3 Å². The molecule has 1 rings (SSSR count). The molecule has 0 aliphatic rings. The SMILES string of the molecule is CC(=O)C(=O)OCCCCOC(=O)/C=C/c1ccccc1. The number of hydrogen-bond acceptors (Lipinski definition) is 5. The summed E-state index contributed by atoms with van der Waals surface area (Å²) in [5.74, 6) is -1.87. The van der Waals surface area contributed by atoms with E-state index in [0.717, 1.165) is 12.5 Å². The highest BCUT2D eigenvalue weighted by molar-refractivity contribution is 6.32. The molecule has 0 amide bonds. The van der Waals surface area contributed by atoms with Crippen LogP contribution < -0.4 is 0 Å². The number of esters is 2. The van der Waals surface area contributed by atoms with Crippen LogP contribution in [0.15, 0.2) is 36.4 Å². The maximum Gasteiger partial charge on any atom is 0.374 e. The summed E-state index contributed by atoms with van der Waals surface area (Å²) in [5, 5.41) is 0. The molecule has 0 radical (unpaired) electrons. The minimum atomic E-state index is -0.835. The van der Waals surface area contributed by atoms with Crippen molar-refractivity contribution in [1.82, 2.24) is 0 Å². The van der Waals surface area contributed by atoms with Gasteiger partial charge in [0, 0.05) is 13.0 Å². The summed E-state index contributed by atoms with van der Waals surface area (Å²) in [7, 11) is 0. The van der Waals surface area contributed by atoms with E-state index in [-0.39, 0.29) is 13.2 Å². The Morgan fingerprint density at radius 2 is 1.62 bits per heavy atom. The van der Waals surface area contributed by atoms with E-state index in [1.807, 2.05) is 30.3 Å². The Labute approximate surface area is 123 Å². The number of rotatable bonds is 8. The molecule has 0 spiro atoms. The minimum absolute atomic E-state index is 0.149. The lowest BCUT2D eigenvalue weighted by atomic mass is 10.2. The lowest BCUT2D eigenvalue weighted by molar-refractivity contribution is -0.153. The van der Waals surface area contributed by atoms with Gasteiger partial charge >= 0.3 is 11.9 Å². The number of ketones is 1. The van der Waals surface area contributed by atoms with Crippen molar-refractivity contribution in [3.63, 3.8) is 0 Å². The van der Waals surface area contributed by atoms with Crippen LogP contribution >= 0.6 is 0 Å². The van der Waals surface area contributed by atoms with Crippen molar-refractivity contribution in [2.45, 2.75) is 19.8 Å². The number of ether oxygens (including phenoxy) is 2. The summed E-state index contributed by atoms with van der Waals surface area (Å²) in [4.78, 5) is 32.8. The zero-order valence-electron chi connectivity index (χ0n) is 11.9. The second-order valence-corrected chi connectivity index (χ2v) is 4.31. The first-order chi connectivity index (χ1) is 10.1. The highest BCUT2D eigenvalue weighted by Gasteiger charge is 2.07. The average molecular weight is 290 g/mol. The van der Waals surface area contributed by atoms with Crippen LogP contribution in [-0.2, 0) is 23.9 Å². The predicted molar refractivity (Wildman–Crippen MR) is 77.3 cm³/mol. The molecule has 0 saturated carbocycles. The molecule has 0 aliphatic carbocycles. The van der Waals surface area contributed by atoms with Gasteiger partial charge in [0.15, 0.2) is 0 Å². The lowest BCUT2D eigenvalue weighted by Gasteiger charge is -2.03. The summed E-state index contributed by atoms with van der Waals surface area (Å²) in [6.45, 7) is 1.55. The second kappa shape index (κ2) is 9.47. The molecule has 0 atom stereocenters. The number of unbranched alkanes of at least 4 members (excludes halogenated alkanes) is 1. The van der Waals surface area contributed by atoms with Crippen LogP contribution in [-0.4, -0.2) is 30.9 Å². The average Bonchev–Trinajstić information content (AvgIpc) is 2.49. The van der Waals surface area contributed by atoms with Gasteiger partial charge in [-0.2, -0.15) is 0 Å². The van der Waals surface area contributed by atoms with Crippen LogP contribution in [0.2, 0.25) is 0 Å². The first-order valence-corrected chi connectivity index (χ1v) is 6.67. The van der Waals surface area contributed by atoms with Crippen LogP contribution in [0.3, 0.4) is 0 Å². The fraction of sp³-hybridized carbons (Fsp3) is 0.312. The molecule has 0 saturated heterocycles. The smallest absolute Gasteiger partial charge is 0.374 e. The van der Waals surface area contributed by atoms with Gasteiger partial charge in [0.2, 0.25) is 5.78 Å². The van der Waals surface area contributed by atoms with Crippen molar-refractivity contribution < 1.29 is 23.9 Å². The molecule has 1 aromatic rings. The lowest BCUT2D eigenvalue weighted by Crippen LogP contribution is -2.14. The van der Waals surface area contributed by atoms with Crippen molar-refractivity contribution in [2.24, 2.45) is 0 Å². The van der Waals surface area contributed by atoms with E-state index in [4.69, 9.17) is 4.74 Å². The van der Waals surface area contributed by atoms with Crippen molar-refractivity contribution >= 4 is 23.8 Å². The maximum absolute atomic E-state index is 11.4. The number of Topliss-reactive ketones (excluding diaryl/α,β-unsaturated/α-hetero) is 1. The normalized spacial score (nSPS) is 10.3. The molecule has 0 aromatic heterocycles. The molecule has 1 aromatic carbocycles. The van der Waals surface area contributed by atoms with Gasteiger partial charge in [-0.15, -0.1) is 0 Å². The molecule has 0 unspecified atom stereocenters. The molecule has 112 valence electrons. The largest absolute Gasteiger partial charge is 0.463 e. The molecule has 0 N–H and O–H groups in total. The monoisotopic (exact) mass is 290 g/mol. The van der Waals surface area contributed by atoms with Crippen molar-refractivity contribution in [3.05, 3.63) is 42.0 Å². The van der Waals surface area contributed by atoms with Gasteiger partial charge in [-0.3, -0.25) is 4.79 Å². The van der Waals surface area contributed by atoms with E-state index in [1.165, 1.54) is 6.08 Å². The highest BCUT2D eigenvalue weighted by atomic mass is 16.5. The summed E-state index contributed by atoms with van der Waals surface area (Å²) in [6.07, 6.45) is 4.15. The standard InChI is InChI=1S/C16H18O5/c1-13(17)16(19)21-12-6-5-11-20-15(18)10-9-14-7-3-2-4-8-14/h2-4,7-10H,5-6,11-12H2,1H3/b10-9+. The van der Waals surface area contributed by atoms with Gasteiger partial charge in [0.1, 0.15) is 0 Å². The zero-order chi connectivity index (χ0) is 15.5. The van der Waals surface area contributed by atoms with Crippen LogP contribution in [0.4, 0.5) is 0 Å². The van der Waals surface area contributed by atoms with Crippen LogP contribution in [0.25, 0.3) is 6.08 Å². The third-order valence-corrected chi connectivity index (χ3v) is 2.52. The highest BCUT2D eigenvalue weighted by Crippen LogP contribution is 2.01. The third kappa shape index (κ3) is 7.67. The molecular formula is C16H18O5. The number of carbonyl (C=O) groups excluding carboxylic acids is 3. The topological polar surface area (TPSA) is 69.7 Å². The first kappa shape index (κ1) is 16.6. The molecule has 21 heavy (non-hydrogen) atoms. The van der Waals surface area contributed by atoms with E-state index in [1.54, 1.807) is 6.08 Å². The van der Waals surface area contributed by atoms with Crippen LogP contribution in [0.1, 0.15) is 25.3 Å². The Balaban J connectivity index is 2.10. The van der Waals surface area contributed by atoms with E-state index >= 15 is 0 Å². The van der Waals surface area contributed by atoms with E-state index < -0.39 is 17.7 Å². The van der Waals surface area contributed by atoms with Gasteiger partial charge in [-0.05, 0) is 24.5 Å². The molecule has 5 nitrogen and oxygen atoms in total. The van der Waals surface area contributed by atoms with Gasteiger partial charge in [0.25, 0.3) is 0 Å². The fourth-order valence-corrected chi connectivity index (χ4v) is 1.42. The second-order valence-electron chi connectivity index (χ2n) is 4.31. The summed E-state index contributed by atoms with van der Waals surface area (Å²) in [5.41, 5.74) is 0.922. The van der Waals surface area contributed by atoms with E-state index in [2.05, 4.69) is 4.74 Å². The first-order valence-electron chi connectivity index (χ1n) is 6.67. The van der Waals surface area contributed by atoms with E-state index in [0.29, 0.717) is 12.8 Å². The van der Waals surface area contributed by atoms with Crippen LogP contribution in [0, 0.1) is 0 Å². The number of benzene rings is 1. The Kier molecular flexibility index (Phi) is 7.50. The molecule has 5 heteroatoms.